The topological polar surface area (TPSA) is 17.1 Å². The van der Waals surface area contributed by atoms with Crippen molar-refractivity contribution in [2.24, 2.45) is 0 Å². The molecule has 0 spiro atoms. The lowest BCUT2D eigenvalue weighted by Gasteiger charge is -2.27. The van der Waals surface area contributed by atoms with Crippen molar-refractivity contribution in [1.29, 1.82) is 0 Å². The van der Waals surface area contributed by atoms with Crippen LogP contribution in [0.2, 0.25) is 0 Å². The van der Waals surface area contributed by atoms with Crippen molar-refractivity contribution >= 4 is 5.78 Å². The van der Waals surface area contributed by atoms with Gasteiger partial charge in [-0.25, -0.2) is 13.2 Å². The zero-order valence-electron chi connectivity index (χ0n) is 6.39. The van der Waals surface area contributed by atoms with E-state index >= 15 is 0 Å². The molecule has 0 aliphatic heterocycles. The summed E-state index contributed by atoms with van der Waals surface area (Å²) < 4.78 is 105. The van der Waals surface area contributed by atoms with Gasteiger partial charge in [-0.3, -0.25) is 4.79 Å². The second-order valence-corrected chi connectivity index (χ2v) is 2.32. The number of hydrogen-bond acceptors (Lipinski definition) is 1. The molecule has 15 heavy (non-hydrogen) atoms. The van der Waals surface area contributed by atoms with Crippen LogP contribution in [-0.4, -0.2) is 30.2 Å². The van der Waals surface area contributed by atoms with Crippen LogP contribution in [0.1, 0.15) is 0 Å². The third-order valence-corrected chi connectivity index (χ3v) is 1.32. The van der Waals surface area contributed by atoms with Gasteiger partial charge in [0, 0.05) is 0 Å². The minimum absolute atomic E-state index is 3.87. The molecule has 0 aliphatic rings. The Morgan fingerprint density at radius 3 is 1.13 bits per heavy atom. The van der Waals surface area contributed by atoms with Gasteiger partial charge in [0.1, 0.15) is 0 Å². The Labute approximate surface area is 75.9 Å². The summed E-state index contributed by atoms with van der Waals surface area (Å²) in [5, 5.41) is 0. The van der Waals surface area contributed by atoms with Gasteiger partial charge >= 0.3 is 18.0 Å². The maximum Gasteiger partial charge on any atom is 0.439 e. The molecule has 0 aromatic rings. The van der Waals surface area contributed by atoms with Crippen molar-refractivity contribution in [1.82, 2.24) is 0 Å². The SMILES string of the molecule is O=C(C(F)F)C(F)(C(F)(F)F)C(F)(F)F. The maximum atomic E-state index is 12.4. The zero-order valence-corrected chi connectivity index (χ0v) is 6.39. The molecule has 0 heterocycles. The molecule has 90 valence electrons. The molecule has 0 saturated carbocycles. The normalized spacial score (nSPS) is 14.5. The van der Waals surface area contributed by atoms with Crippen LogP contribution in [0, 0.1) is 0 Å². The lowest BCUT2D eigenvalue weighted by Crippen LogP contribution is -2.60. The van der Waals surface area contributed by atoms with Gasteiger partial charge in [0.25, 0.3) is 12.2 Å². The summed E-state index contributed by atoms with van der Waals surface area (Å²) >= 11 is 0. The van der Waals surface area contributed by atoms with Crippen molar-refractivity contribution in [3.05, 3.63) is 0 Å². The van der Waals surface area contributed by atoms with Gasteiger partial charge in [-0.2, -0.15) is 26.3 Å². The first-order valence-corrected chi connectivity index (χ1v) is 3.00. The highest BCUT2D eigenvalue weighted by atomic mass is 19.4. The Balaban J connectivity index is 5.54. The van der Waals surface area contributed by atoms with E-state index in [4.69, 9.17) is 0 Å². The second kappa shape index (κ2) is 3.56. The highest BCUT2D eigenvalue weighted by Gasteiger charge is 2.78. The molecule has 0 unspecified atom stereocenters. The van der Waals surface area contributed by atoms with Crippen molar-refractivity contribution in [3.8, 4) is 0 Å². The molecule has 0 amide bonds. The van der Waals surface area contributed by atoms with E-state index in [0.29, 0.717) is 0 Å². The monoisotopic (exact) mass is 248 g/mol. The lowest BCUT2D eigenvalue weighted by atomic mass is 9.99. The van der Waals surface area contributed by atoms with Gasteiger partial charge < -0.3 is 0 Å². The van der Waals surface area contributed by atoms with Crippen LogP contribution in [0.15, 0.2) is 0 Å². The molecule has 0 N–H and O–H groups in total. The van der Waals surface area contributed by atoms with E-state index < -0.39 is 30.2 Å². The number of hydrogen-bond donors (Lipinski definition) is 0. The first-order valence-electron chi connectivity index (χ1n) is 3.00. The quantitative estimate of drug-likeness (QED) is 0.686. The smallest absolute Gasteiger partial charge is 0.289 e. The third kappa shape index (κ3) is 2.17. The molecule has 0 bridgehead atoms. The van der Waals surface area contributed by atoms with Gasteiger partial charge in [-0.1, -0.05) is 0 Å². The van der Waals surface area contributed by atoms with Gasteiger partial charge in [-0.05, 0) is 0 Å². The number of rotatable bonds is 2. The number of halogens is 9. The molecule has 0 fully saturated rings. The summed E-state index contributed by atoms with van der Waals surface area (Å²) in [7, 11) is 0. The largest absolute Gasteiger partial charge is 0.439 e. The van der Waals surface area contributed by atoms with Crippen LogP contribution in [0.4, 0.5) is 39.5 Å². The van der Waals surface area contributed by atoms with Gasteiger partial charge in [0.15, 0.2) is 0 Å². The van der Waals surface area contributed by atoms with Crippen LogP contribution in [0.3, 0.4) is 0 Å². The lowest BCUT2D eigenvalue weighted by molar-refractivity contribution is -0.327. The second-order valence-electron chi connectivity index (χ2n) is 2.32. The van der Waals surface area contributed by atoms with E-state index in [1.807, 2.05) is 0 Å². The highest BCUT2D eigenvalue weighted by Crippen LogP contribution is 2.47. The van der Waals surface area contributed by atoms with E-state index in [1.165, 1.54) is 0 Å². The van der Waals surface area contributed by atoms with Crippen molar-refractivity contribution in [2.75, 3.05) is 0 Å². The number of alkyl halides is 9. The average Bonchev–Trinajstić information content (AvgIpc) is 1.96. The fraction of sp³-hybridized carbons (Fsp3) is 0.800. The summed E-state index contributed by atoms with van der Waals surface area (Å²) in [5.41, 5.74) is -6.53. The van der Waals surface area contributed by atoms with Crippen molar-refractivity contribution < 1.29 is 44.3 Å². The summed E-state index contributed by atoms with van der Waals surface area (Å²) in [6.45, 7) is 0. The van der Waals surface area contributed by atoms with Gasteiger partial charge in [0.2, 0.25) is 0 Å². The third-order valence-electron chi connectivity index (χ3n) is 1.32. The fourth-order valence-electron chi connectivity index (χ4n) is 0.590. The molecule has 0 rings (SSSR count). The van der Waals surface area contributed by atoms with E-state index in [2.05, 4.69) is 0 Å². The van der Waals surface area contributed by atoms with Gasteiger partial charge in [-0.15, -0.1) is 0 Å². The van der Waals surface area contributed by atoms with E-state index in [9.17, 15) is 44.3 Å². The predicted octanol–water partition coefficient (Wildman–Crippen LogP) is 2.65. The van der Waals surface area contributed by atoms with E-state index in [0.717, 1.165) is 0 Å². The first kappa shape index (κ1) is 14.0. The minimum atomic E-state index is -6.78. The van der Waals surface area contributed by atoms with E-state index in [-0.39, 0.29) is 0 Å². The number of carbonyl (C=O) groups is 1. The Morgan fingerprint density at radius 1 is 0.800 bits per heavy atom. The molecule has 10 heteroatoms. The van der Waals surface area contributed by atoms with Crippen LogP contribution in [-0.2, 0) is 4.79 Å². The summed E-state index contributed by atoms with van der Waals surface area (Å²) in [4.78, 5) is 9.89. The molecule has 0 atom stereocenters. The first-order chi connectivity index (χ1) is 6.35. The number of Topliss-reactive ketones (excluding diaryl/α,β-unsaturated/α-hetero) is 1. The molecule has 0 aromatic heterocycles. The van der Waals surface area contributed by atoms with Crippen molar-refractivity contribution in [3.63, 3.8) is 0 Å². The van der Waals surface area contributed by atoms with Gasteiger partial charge in [0.05, 0.1) is 0 Å². The standard InChI is InChI=1S/C5HF9O/c6-2(7)1(15)3(8,4(9,10)11)5(12,13)14/h2H. The Hall–Kier alpha value is -0.960. The number of ketones is 1. The molecule has 0 saturated heterocycles. The fourth-order valence-corrected chi connectivity index (χ4v) is 0.590. The highest BCUT2D eigenvalue weighted by molar-refractivity contribution is 5.91. The maximum absolute atomic E-state index is 12.4. The molecule has 1 nitrogen and oxygen atoms in total. The predicted molar refractivity (Wildman–Crippen MR) is 27.0 cm³/mol. The van der Waals surface area contributed by atoms with Crippen LogP contribution >= 0.6 is 0 Å². The Bertz CT molecular complexity index is 234. The number of carbonyl (C=O) groups excluding carboxylic acids is 1. The van der Waals surface area contributed by atoms with Crippen LogP contribution in [0.25, 0.3) is 0 Å². The van der Waals surface area contributed by atoms with Crippen molar-refractivity contribution in [2.45, 2.75) is 24.4 Å². The molecule has 0 radical (unpaired) electrons. The Kier molecular flexibility index (Phi) is 3.33. The minimum Gasteiger partial charge on any atom is -0.289 e. The molecule has 0 aromatic carbocycles. The van der Waals surface area contributed by atoms with E-state index in [1.54, 1.807) is 0 Å². The molecular formula is C5HF9O. The average molecular weight is 248 g/mol. The summed E-state index contributed by atoms with van der Waals surface area (Å²) in [5.74, 6) is -3.87. The van der Waals surface area contributed by atoms with Crippen LogP contribution < -0.4 is 0 Å². The molecular weight excluding hydrogens is 247 g/mol. The summed E-state index contributed by atoms with van der Waals surface area (Å²) in [6.07, 6.45) is -18.3. The molecule has 0 aliphatic carbocycles. The zero-order chi connectivity index (χ0) is 12.7. The Morgan fingerprint density at radius 2 is 1.07 bits per heavy atom. The van der Waals surface area contributed by atoms with Crippen LogP contribution in [0.5, 0.6) is 0 Å². The summed E-state index contributed by atoms with van der Waals surface area (Å²) in [6, 6.07) is 0.